The smallest absolute Gasteiger partial charge is 0.185 e. The van der Waals surface area contributed by atoms with Crippen molar-refractivity contribution in [3.05, 3.63) is 41.9 Å². The van der Waals surface area contributed by atoms with E-state index in [1.54, 1.807) is 23.3 Å². The predicted molar refractivity (Wildman–Crippen MR) is 61.9 cm³/mol. The van der Waals surface area contributed by atoms with Gasteiger partial charge in [-0.25, -0.2) is 9.67 Å². The number of nitrogens with zero attached hydrogens (tertiary/aromatic N) is 3. The van der Waals surface area contributed by atoms with Gasteiger partial charge in [0.05, 0.1) is 26.0 Å². The van der Waals surface area contributed by atoms with E-state index in [9.17, 15) is 0 Å². The Bertz CT molecular complexity index is 518. The van der Waals surface area contributed by atoms with Crippen molar-refractivity contribution >= 4 is 0 Å². The van der Waals surface area contributed by atoms with Crippen LogP contribution in [0.2, 0.25) is 0 Å². The first-order chi connectivity index (χ1) is 8.86. The van der Waals surface area contributed by atoms with Gasteiger partial charge in [0.2, 0.25) is 0 Å². The first-order valence-corrected chi connectivity index (χ1v) is 5.71. The summed E-state index contributed by atoms with van der Waals surface area (Å²) in [5.41, 5.74) is 1.65. The Morgan fingerprint density at radius 3 is 2.72 bits per heavy atom. The number of hydrogen-bond donors (Lipinski definition) is 1. The van der Waals surface area contributed by atoms with Gasteiger partial charge in [0, 0.05) is 23.5 Å². The normalized spacial score (nSPS) is 16.3. The third-order valence-corrected chi connectivity index (χ3v) is 2.72. The lowest BCUT2D eigenvalue weighted by Crippen LogP contribution is -2.02. The second-order valence-corrected chi connectivity index (χ2v) is 3.97. The topological polar surface area (TPSA) is 69.4 Å². The van der Waals surface area contributed by atoms with Crippen molar-refractivity contribution in [1.29, 1.82) is 0 Å². The van der Waals surface area contributed by atoms with Gasteiger partial charge >= 0.3 is 0 Å². The van der Waals surface area contributed by atoms with Crippen LogP contribution in [-0.4, -0.2) is 33.1 Å². The number of pyridine rings is 1. The Morgan fingerprint density at radius 2 is 2.11 bits per heavy atom. The van der Waals surface area contributed by atoms with E-state index in [0.717, 1.165) is 11.1 Å². The fourth-order valence-electron chi connectivity index (χ4n) is 1.79. The quantitative estimate of drug-likeness (QED) is 0.869. The Hall–Kier alpha value is -1.76. The molecular formula is C12H13N3O3. The molecule has 94 valence electrons. The molecule has 0 unspecified atom stereocenters. The second-order valence-electron chi connectivity index (χ2n) is 3.97. The van der Waals surface area contributed by atoms with Crippen LogP contribution < -0.4 is 0 Å². The van der Waals surface area contributed by atoms with Crippen molar-refractivity contribution in [2.75, 3.05) is 13.2 Å². The molecule has 1 saturated heterocycles. The van der Waals surface area contributed by atoms with Gasteiger partial charge < -0.3 is 14.6 Å². The standard InChI is InChI=1S/C12H13N3O3/c16-8-9-5-14-15(7-9)11-2-1-10(6-13-11)12-17-3-4-18-12/h1-2,5-7,12,16H,3-4,8H2. The molecule has 0 bridgehead atoms. The highest BCUT2D eigenvalue weighted by atomic mass is 16.7. The molecule has 0 saturated carbocycles. The van der Waals surface area contributed by atoms with Gasteiger partial charge in [0.15, 0.2) is 12.1 Å². The van der Waals surface area contributed by atoms with E-state index in [4.69, 9.17) is 14.6 Å². The fraction of sp³-hybridized carbons (Fsp3) is 0.333. The molecule has 18 heavy (non-hydrogen) atoms. The lowest BCUT2D eigenvalue weighted by atomic mass is 10.3. The predicted octanol–water partition coefficient (Wildman–Crippen LogP) is 0.805. The molecule has 6 heteroatoms. The zero-order valence-electron chi connectivity index (χ0n) is 9.69. The van der Waals surface area contributed by atoms with Gasteiger partial charge in [0.1, 0.15) is 0 Å². The SMILES string of the molecule is OCc1cnn(-c2ccc(C3OCCO3)cn2)c1. The number of ether oxygens (including phenoxy) is 2. The van der Waals surface area contributed by atoms with Crippen LogP contribution in [0.25, 0.3) is 5.82 Å². The Labute approximate surface area is 104 Å². The average molecular weight is 247 g/mol. The van der Waals surface area contributed by atoms with E-state index in [0.29, 0.717) is 19.0 Å². The summed E-state index contributed by atoms with van der Waals surface area (Å²) in [7, 11) is 0. The second kappa shape index (κ2) is 4.85. The van der Waals surface area contributed by atoms with Gasteiger partial charge in [-0.3, -0.25) is 0 Å². The van der Waals surface area contributed by atoms with Gasteiger partial charge in [-0.15, -0.1) is 0 Å². The summed E-state index contributed by atoms with van der Waals surface area (Å²) >= 11 is 0. The van der Waals surface area contributed by atoms with E-state index >= 15 is 0 Å². The third kappa shape index (κ3) is 2.13. The highest BCUT2D eigenvalue weighted by molar-refractivity contribution is 5.26. The molecule has 0 aromatic carbocycles. The molecule has 2 aromatic rings. The largest absolute Gasteiger partial charge is 0.392 e. The minimum atomic E-state index is -0.308. The van der Waals surface area contributed by atoms with Crippen molar-refractivity contribution in [1.82, 2.24) is 14.8 Å². The van der Waals surface area contributed by atoms with Crippen LogP contribution in [0.1, 0.15) is 17.4 Å². The molecule has 0 amide bonds. The Kier molecular flexibility index (Phi) is 3.06. The van der Waals surface area contributed by atoms with Crippen LogP contribution in [-0.2, 0) is 16.1 Å². The van der Waals surface area contributed by atoms with Crippen molar-refractivity contribution in [2.24, 2.45) is 0 Å². The van der Waals surface area contributed by atoms with Crippen LogP contribution >= 0.6 is 0 Å². The van der Waals surface area contributed by atoms with E-state index in [-0.39, 0.29) is 12.9 Å². The van der Waals surface area contributed by atoms with Crippen molar-refractivity contribution in [2.45, 2.75) is 12.9 Å². The summed E-state index contributed by atoms with van der Waals surface area (Å²) in [6, 6.07) is 3.74. The maximum atomic E-state index is 8.98. The summed E-state index contributed by atoms with van der Waals surface area (Å²) in [6.45, 7) is 1.21. The zero-order chi connectivity index (χ0) is 12.4. The van der Waals surface area contributed by atoms with E-state index in [1.165, 1.54) is 0 Å². The van der Waals surface area contributed by atoms with Crippen LogP contribution in [0, 0.1) is 0 Å². The molecule has 1 aliphatic rings. The number of aromatic nitrogens is 3. The summed E-state index contributed by atoms with van der Waals surface area (Å²) in [4.78, 5) is 4.30. The van der Waals surface area contributed by atoms with Gasteiger partial charge in [-0.1, -0.05) is 0 Å². The summed E-state index contributed by atoms with van der Waals surface area (Å²) in [5.74, 6) is 0.691. The minimum Gasteiger partial charge on any atom is -0.392 e. The maximum Gasteiger partial charge on any atom is 0.185 e. The average Bonchev–Trinajstić information content (AvgIpc) is 3.10. The molecular weight excluding hydrogens is 234 g/mol. The van der Waals surface area contributed by atoms with E-state index < -0.39 is 0 Å². The molecule has 3 heterocycles. The molecule has 2 aromatic heterocycles. The number of rotatable bonds is 3. The molecule has 1 fully saturated rings. The third-order valence-electron chi connectivity index (χ3n) is 2.72. The van der Waals surface area contributed by atoms with Crippen molar-refractivity contribution in [3.8, 4) is 5.82 Å². The molecule has 1 N–H and O–H groups in total. The fourth-order valence-corrected chi connectivity index (χ4v) is 1.79. The summed E-state index contributed by atoms with van der Waals surface area (Å²) in [5, 5.41) is 13.1. The van der Waals surface area contributed by atoms with Crippen LogP contribution in [0.5, 0.6) is 0 Å². The highest BCUT2D eigenvalue weighted by Crippen LogP contribution is 2.22. The van der Waals surface area contributed by atoms with Crippen molar-refractivity contribution in [3.63, 3.8) is 0 Å². The molecule has 6 nitrogen and oxygen atoms in total. The molecule has 0 spiro atoms. The lowest BCUT2D eigenvalue weighted by Gasteiger charge is -2.09. The molecule has 3 rings (SSSR count). The Balaban J connectivity index is 1.81. The van der Waals surface area contributed by atoms with Crippen LogP contribution in [0.3, 0.4) is 0 Å². The monoisotopic (exact) mass is 247 g/mol. The number of aliphatic hydroxyl groups is 1. The van der Waals surface area contributed by atoms with Crippen LogP contribution in [0.4, 0.5) is 0 Å². The molecule has 1 aliphatic heterocycles. The van der Waals surface area contributed by atoms with E-state index in [2.05, 4.69) is 10.1 Å². The highest BCUT2D eigenvalue weighted by Gasteiger charge is 2.18. The number of hydrogen-bond acceptors (Lipinski definition) is 5. The molecule has 0 atom stereocenters. The van der Waals surface area contributed by atoms with Crippen molar-refractivity contribution < 1.29 is 14.6 Å². The number of aliphatic hydroxyl groups excluding tert-OH is 1. The van der Waals surface area contributed by atoms with Crippen LogP contribution in [0.15, 0.2) is 30.7 Å². The van der Waals surface area contributed by atoms with E-state index in [1.807, 2.05) is 12.1 Å². The Morgan fingerprint density at radius 1 is 1.28 bits per heavy atom. The summed E-state index contributed by atoms with van der Waals surface area (Å²) in [6.07, 6.45) is 4.76. The maximum absolute atomic E-state index is 8.98. The first kappa shape index (κ1) is 11.3. The lowest BCUT2D eigenvalue weighted by molar-refractivity contribution is -0.0443. The van der Waals surface area contributed by atoms with Gasteiger partial charge in [-0.05, 0) is 12.1 Å². The minimum absolute atomic E-state index is 0.0260. The first-order valence-electron chi connectivity index (χ1n) is 5.71. The zero-order valence-corrected chi connectivity index (χ0v) is 9.69. The molecule has 0 aliphatic carbocycles. The van der Waals surface area contributed by atoms with Gasteiger partial charge in [0.25, 0.3) is 0 Å². The van der Waals surface area contributed by atoms with Gasteiger partial charge in [-0.2, -0.15) is 5.10 Å². The summed E-state index contributed by atoms with van der Waals surface area (Å²) < 4.78 is 12.4. The molecule has 0 radical (unpaired) electrons.